The Morgan fingerprint density at radius 3 is 2.65 bits per heavy atom. The van der Waals surface area contributed by atoms with Gasteiger partial charge >= 0.3 is 0 Å². The van der Waals surface area contributed by atoms with Crippen molar-refractivity contribution < 1.29 is 14.3 Å². The second-order valence-corrected chi connectivity index (χ2v) is 5.07. The van der Waals surface area contributed by atoms with Crippen LogP contribution in [0.15, 0.2) is 30.3 Å². The van der Waals surface area contributed by atoms with Crippen molar-refractivity contribution in [3.05, 3.63) is 35.9 Å². The molecule has 0 aromatic heterocycles. The number of rotatable bonds is 1. The zero-order chi connectivity index (χ0) is 14.0. The van der Waals surface area contributed by atoms with E-state index in [4.69, 9.17) is 9.47 Å². The van der Waals surface area contributed by atoms with Gasteiger partial charge in [0.1, 0.15) is 6.04 Å². The monoisotopic (exact) mass is 272 g/mol. The van der Waals surface area contributed by atoms with Crippen LogP contribution in [0.3, 0.4) is 0 Å². The van der Waals surface area contributed by atoms with Gasteiger partial charge in [0.05, 0.1) is 19.3 Å². The van der Waals surface area contributed by atoms with Gasteiger partial charge in [-0.2, -0.15) is 5.26 Å². The lowest BCUT2D eigenvalue weighted by Crippen LogP contribution is -2.52. The number of benzene rings is 1. The van der Waals surface area contributed by atoms with Crippen LogP contribution in [0, 0.1) is 11.3 Å². The van der Waals surface area contributed by atoms with E-state index in [0.717, 1.165) is 0 Å². The smallest absolute Gasteiger partial charge is 0.254 e. The maximum Gasteiger partial charge on any atom is 0.254 e. The van der Waals surface area contributed by atoms with Crippen molar-refractivity contribution in [3.8, 4) is 6.07 Å². The fourth-order valence-electron chi connectivity index (χ4n) is 2.82. The molecule has 5 heteroatoms. The molecule has 2 heterocycles. The van der Waals surface area contributed by atoms with Gasteiger partial charge in [0.25, 0.3) is 5.91 Å². The van der Waals surface area contributed by atoms with Gasteiger partial charge in [-0.3, -0.25) is 4.79 Å². The molecule has 2 fully saturated rings. The third kappa shape index (κ3) is 2.28. The summed E-state index contributed by atoms with van der Waals surface area (Å²) in [5.74, 6) is -0.765. The molecule has 0 aliphatic carbocycles. The Balaban J connectivity index is 1.78. The number of amides is 1. The predicted molar refractivity (Wildman–Crippen MR) is 70.7 cm³/mol. The fourth-order valence-corrected chi connectivity index (χ4v) is 2.82. The van der Waals surface area contributed by atoms with Crippen LogP contribution >= 0.6 is 0 Å². The minimum atomic E-state index is -0.659. The van der Waals surface area contributed by atoms with Crippen LogP contribution in [0.25, 0.3) is 0 Å². The molecule has 1 aromatic carbocycles. The highest BCUT2D eigenvalue weighted by Crippen LogP contribution is 2.34. The number of hydrogen-bond donors (Lipinski definition) is 0. The Morgan fingerprint density at radius 1 is 1.30 bits per heavy atom. The Morgan fingerprint density at radius 2 is 2.00 bits per heavy atom. The first kappa shape index (κ1) is 13.1. The van der Waals surface area contributed by atoms with E-state index in [1.54, 1.807) is 17.0 Å². The zero-order valence-corrected chi connectivity index (χ0v) is 11.1. The van der Waals surface area contributed by atoms with Crippen molar-refractivity contribution in [3.63, 3.8) is 0 Å². The molecule has 1 atom stereocenters. The molecule has 0 radical (unpaired) electrons. The van der Waals surface area contributed by atoms with Gasteiger partial charge in [-0.25, -0.2) is 0 Å². The van der Waals surface area contributed by atoms with Crippen LogP contribution in [0.2, 0.25) is 0 Å². The molecule has 1 amide bonds. The van der Waals surface area contributed by atoms with Gasteiger partial charge < -0.3 is 14.4 Å². The van der Waals surface area contributed by atoms with E-state index < -0.39 is 11.8 Å². The highest BCUT2D eigenvalue weighted by Gasteiger charge is 2.45. The van der Waals surface area contributed by atoms with E-state index in [0.29, 0.717) is 38.2 Å². The van der Waals surface area contributed by atoms with Gasteiger partial charge in [-0.1, -0.05) is 18.2 Å². The summed E-state index contributed by atoms with van der Waals surface area (Å²) in [4.78, 5) is 14.1. The molecule has 2 saturated heterocycles. The van der Waals surface area contributed by atoms with Crippen molar-refractivity contribution >= 4 is 5.91 Å². The molecule has 0 unspecified atom stereocenters. The first-order chi connectivity index (χ1) is 9.74. The predicted octanol–water partition coefficient (Wildman–Crippen LogP) is 1.56. The van der Waals surface area contributed by atoms with Crippen LogP contribution in [0.5, 0.6) is 0 Å². The third-order valence-electron chi connectivity index (χ3n) is 3.86. The number of nitrogens with zero attached hydrogens (tertiary/aromatic N) is 2. The number of piperidine rings is 1. The van der Waals surface area contributed by atoms with Crippen LogP contribution in [-0.4, -0.2) is 42.4 Å². The van der Waals surface area contributed by atoms with E-state index in [2.05, 4.69) is 6.07 Å². The average molecular weight is 272 g/mol. The minimum absolute atomic E-state index is 0.106. The summed E-state index contributed by atoms with van der Waals surface area (Å²) < 4.78 is 11.3. The molecule has 20 heavy (non-hydrogen) atoms. The SMILES string of the molecule is N#C[C@@H]1CC2(CCN1C(=O)c1ccccc1)OCCO2. The molecule has 3 rings (SSSR count). The van der Waals surface area contributed by atoms with Crippen LogP contribution in [0.4, 0.5) is 0 Å². The number of nitriles is 1. The number of carbonyl (C=O) groups is 1. The lowest BCUT2D eigenvalue weighted by molar-refractivity contribution is -0.187. The second-order valence-electron chi connectivity index (χ2n) is 5.07. The second kappa shape index (κ2) is 5.23. The van der Waals surface area contributed by atoms with Crippen molar-refractivity contribution in [1.29, 1.82) is 5.26 Å². The first-order valence-electron chi connectivity index (χ1n) is 6.78. The standard InChI is InChI=1S/C15H16N2O3/c16-11-13-10-15(19-8-9-20-15)6-7-17(13)14(18)12-4-2-1-3-5-12/h1-5,13H,6-10H2/t13-/m0/s1. The molecule has 2 aliphatic heterocycles. The van der Waals surface area contributed by atoms with Gasteiger partial charge in [-0.15, -0.1) is 0 Å². The maximum atomic E-state index is 12.5. The lowest BCUT2D eigenvalue weighted by atomic mass is 9.95. The Labute approximate surface area is 117 Å². The topological polar surface area (TPSA) is 62.6 Å². The Hall–Kier alpha value is -1.90. The molecule has 5 nitrogen and oxygen atoms in total. The molecular formula is C15H16N2O3. The highest BCUT2D eigenvalue weighted by molar-refractivity contribution is 5.94. The number of ether oxygens (including phenoxy) is 2. The molecule has 0 N–H and O–H groups in total. The normalized spacial score (nSPS) is 24.6. The van der Waals surface area contributed by atoms with Gasteiger partial charge in [0.2, 0.25) is 0 Å². The lowest BCUT2D eigenvalue weighted by Gasteiger charge is -2.40. The first-order valence-corrected chi connectivity index (χ1v) is 6.78. The number of hydrogen-bond acceptors (Lipinski definition) is 4. The summed E-state index contributed by atoms with van der Waals surface area (Å²) in [7, 11) is 0. The van der Waals surface area contributed by atoms with Gasteiger partial charge in [0, 0.05) is 24.9 Å². The fraction of sp³-hybridized carbons (Fsp3) is 0.467. The molecule has 2 aliphatic rings. The molecule has 104 valence electrons. The summed E-state index contributed by atoms with van der Waals surface area (Å²) in [5, 5.41) is 9.35. The summed E-state index contributed by atoms with van der Waals surface area (Å²) >= 11 is 0. The van der Waals surface area contributed by atoms with Crippen molar-refractivity contribution in [2.75, 3.05) is 19.8 Å². The summed E-state index contributed by atoms with van der Waals surface area (Å²) in [6.45, 7) is 1.60. The van der Waals surface area contributed by atoms with E-state index in [1.165, 1.54) is 0 Å². The Bertz CT molecular complexity index is 532. The molecule has 0 bridgehead atoms. The van der Waals surface area contributed by atoms with E-state index in [-0.39, 0.29) is 5.91 Å². The van der Waals surface area contributed by atoms with Crippen LogP contribution < -0.4 is 0 Å². The molecule has 0 saturated carbocycles. The maximum absolute atomic E-state index is 12.5. The average Bonchev–Trinajstić information content (AvgIpc) is 2.95. The van der Waals surface area contributed by atoms with E-state index >= 15 is 0 Å². The van der Waals surface area contributed by atoms with Crippen molar-refractivity contribution in [2.45, 2.75) is 24.7 Å². The molecule has 1 aromatic rings. The molecule has 1 spiro atoms. The van der Waals surface area contributed by atoms with Crippen LogP contribution in [-0.2, 0) is 9.47 Å². The van der Waals surface area contributed by atoms with Crippen molar-refractivity contribution in [1.82, 2.24) is 4.90 Å². The zero-order valence-electron chi connectivity index (χ0n) is 11.1. The minimum Gasteiger partial charge on any atom is -0.347 e. The van der Waals surface area contributed by atoms with E-state index in [1.807, 2.05) is 18.2 Å². The largest absolute Gasteiger partial charge is 0.347 e. The highest BCUT2D eigenvalue weighted by atomic mass is 16.7. The van der Waals surface area contributed by atoms with E-state index in [9.17, 15) is 10.1 Å². The number of carbonyl (C=O) groups excluding carboxylic acids is 1. The van der Waals surface area contributed by atoms with Gasteiger partial charge in [0.15, 0.2) is 5.79 Å². The number of likely N-dealkylation sites (tertiary alicyclic amines) is 1. The third-order valence-corrected chi connectivity index (χ3v) is 3.86. The van der Waals surface area contributed by atoms with Crippen molar-refractivity contribution in [2.24, 2.45) is 0 Å². The summed E-state index contributed by atoms with van der Waals surface area (Å²) in [5.41, 5.74) is 0.608. The van der Waals surface area contributed by atoms with Gasteiger partial charge in [-0.05, 0) is 12.1 Å². The Kier molecular flexibility index (Phi) is 3.43. The summed E-state index contributed by atoms with van der Waals surface area (Å²) in [6, 6.07) is 10.7. The quantitative estimate of drug-likeness (QED) is 0.778. The summed E-state index contributed by atoms with van der Waals surface area (Å²) in [6.07, 6.45) is 1.03. The molecular weight excluding hydrogens is 256 g/mol. The van der Waals surface area contributed by atoms with Crippen LogP contribution in [0.1, 0.15) is 23.2 Å².